The summed E-state index contributed by atoms with van der Waals surface area (Å²) in [7, 11) is 0. The number of hydrogen-bond donors (Lipinski definition) is 0. The van der Waals surface area contributed by atoms with Crippen LogP contribution in [-0.2, 0) is 0 Å². The Morgan fingerprint density at radius 1 is 1.12 bits per heavy atom. The maximum absolute atomic E-state index is 12.8. The van der Waals surface area contributed by atoms with Crippen molar-refractivity contribution in [1.82, 2.24) is 0 Å². The van der Waals surface area contributed by atoms with Crippen LogP contribution >= 0.6 is 28.6 Å². The smallest absolute Gasteiger partial charge is 0.182 e. The van der Waals surface area contributed by atoms with Crippen LogP contribution in [0.3, 0.4) is 0 Å². The first-order valence-corrected chi connectivity index (χ1v) is 9.16. The van der Waals surface area contributed by atoms with E-state index in [1.165, 1.54) is 0 Å². The summed E-state index contributed by atoms with van der Waals surface area (Å²) in [5.41, 5.74) is 1.69. The van der Waals surface area contributed by atoms with E-state index in [0.717, 1.165) is 37.3 Å². The first-order valence-electron chi connectivity index (χ1n) is 8.78. The Kier molecular flexibility index (Phi) is 7.85. The summed E-state index contributed by atoms with van der Waals surface area (Å²) in [6, 6.07) is 17.1. The number of amidine groups is 1. The third kappa shape index (κ3) is 5.42. The molecule has 0 fully saturated rings. The fourth-order valence-corrected chi connectivity index (χ4v) is 3.17. The van der Waals surface area contributed by atoms with Gasteiger partial charge in [-0.2, -0.15) is 0 Å². The molecule has 1 aliphatic rings. The van der Waals surface area contributed by atoms with Gasteiger partial charge in [0, 0.05) is 29.2 Å². The zero-order valence-electron chi connectivity index (χ0n) is 14.9. The van der Waals surface area contributed by atoms with E-state index in [0.29, 0.717) is 23.0 Å². The van der Waals surface area contributed by atoms with E-state index in [4.69, 9.17) is 16.6 Å². The van der Waals surface area contributed by atoms with Crippen LogP contribution in [0.25, 0.3) is 0 Å². The van der Waals surface area contributed by atoms with Crippen LogP contribution in [-0.4, -0.2) is 24.7 Å². The maximum Gasteiger partial charge on any atom is 0.182 e. The number of nitrogens with zero attached hydrogens (tertiary/aromatic N) is 2. The number of ketones is 1. The lowest BCUT2D eigenvalue weighted by Gasteiger charge is -2.25. The lowest BCUT2D eigenvalue weighted by molar-refractivity contribution is 0.100. The molecule has 1 heterocycles. The molecule has 0 amide bonds. The lowest BCUT2D eigenvalue weighted by Crippen LogP contribution is -2.36. The summed E-state index contributed by atoms with van der Waals surface area (Å²) in [6.45, 7) is 3.39. The number of carbonyl (C=O) groups is 1. The van der Waals surface area contributed by atoms with Crippen molar-refractivity contribution in [3.8, 4) is 0 Å². The molecule has 1 unspecified atom stereocenters. The van der Waals surface area contributed by atoms with Gasteiger partial charge in [0.1, 0.15) is 5.84 Å². The van der Waals surface area contributed by atoms with Crippen molar-refractivity contribution in [3.63, 3.8) is 0 Å². The van der Waals surface area contributed by atoms with Gasteiger partial charge in [-0.25, -0.2) is 0 Å². The van der Waals surface area contributed by atoms with E-state index in [1.807, 2.05) is 30.3 Å². The van der Waals surface area contributed by atoms with Gasteiger partial charge in [-0.3, -0.25) is 9.79 Å². The van der Waals surface area contributed by atoms with Crippen LogP contribution in [0.4, 0.5) is 5.69 Å². The summed E-state index contributed by atoms with van der Waals surface area (Å²) in [4.78, 5) is 19.6. The monoisotopic (exact) mass is 434 g/mol. The van der Waals surface area contributed by atoms with Crippen LogP contribution in [0.15, 0.2) is 59.6 Å². The summed E-state index contributed by atoms with van der Waals surface area (Å²) in [6.07, 6.45) is 3.12. The van der Waals surface area contributed by atoms with Gasteiger partial charge >= 0.3 is 0 Å². The molecule has 0 radical (unpaired) electrons. The van der Waals surface area contributed by atoms with Crippen molar-refractivity contribution in [2.24, 2.45) is 10.9 Å². The Balaban J connectivity index is 0.00000243. The normalized spacial score (nSPS) is 16.8. The number of Topliss-reactive ketones (excluding diaryl/α,β-unsaturated/α-hetero) is 1. The third-order valence-corrected chi connectivity index (χ3v) is 4.88. The van der Waals surface area contributed by atoms with Gasteiger partial charge in [0.05, 0.1) is 6.54 Å². The van der Waals surface area contributed by atoms with Crippen LogP contribution in [0.1, 0.15) is 36.5 Å². The van der Waals surface area contributed by atoms with E-state index < -0.39 is 0 Å². The van der Waals surface area contributed by atoms with Crippen LogP contribution in [0.5, 0.6) is 0 Å². The first-order chi connectivity index (χ1) is 12.1. The van der Waals surface area contributed by atoms with Gasteiger partial charge < -0.3 is 4.90 Å². The molecule has 2 aromatic carbocycles. The molecule has 5 heteroatoms. The first kappa shape index (κ1) is 20.7. The minimum atomic E-state index is 0. The molecule has 0 bridgehead atoms. The van der Waals surface area contributed by atoms with Crippen LogP contribution in [0.2, 0.25) is 5.02 Å². The Morgan fingerprint density at radius 3 is 2.50 bits per heavy atom. The van der Waals surface area contributed by atoms with Crippen LogP contribution in [0, 0.1) is 5.92 Å². The summed E-state index contributed by atoms with van der Waals surface area (Å²) < 4.78 is 0. The molecular formula is C21H24BrClN2O. The van der Waals surface area contributed by atoms with Crippen molar-refractivity contribution < 1.29 is 4.79 Å². The fourth-order valence-electron chi connectivity index (χ4n) is 3.04. The highest BCUT2D eigenvalue weighted by Gasteiger charge is 2.20. The molecular weight excluding hydrogens is 412 g/mol. The number of benzene rings is 2. The van der Waals surface area contributed by atoms with Crippen molar-refractivity contribution in [1.29, 1.82) is 0 Å². The molecule has 3 nitrogen and oxygen atoms in total. The van der Waals surface area contributed by atoms with E-state index in [2.05, 4.69) is 11.8 Å². The number of halogens is 2. The number of para-hydroxylation sites is 1. The fraction of sp³-hybridized carbons (Fsp3) is 0.333. The van der Waals surface area contributed by atoms with Crippen molar-refractivity contribution in [2.75, 3.05) is 18.0 Å². The molecule has 3 rings (SSSR count). The Hall–Kier alpha value is -1.65. The summed E-state index contributed by atoms with van der Waals surface area (Å²) in [5.74, 6) is 1.75. The highest BCUT2D eigenvalue weighted by atomic mass is 79.9. The Morgan fingerprint density at radius 2 is 1.81 bits per heavy atom. The van der Waals surface area contributed by atoms with E-state index >= 15 is 0 Å². The summed E-state index contributed by atoms with van der Waals surface area (Å²) >= 11 is 5.93. The lowest BCUT2D eigenvalue weighted by atomic mass is 10.0. The largest absolute Gasteiger partial charge is 0.322 e. The molecule has 0 aromatic heterocycles. The minimum Gasteiger partial charge on any atom is -0.322 e. The molecule has 2 aromatic rings. The number of anilines is 1. The minimum absolute atomic E-state index is 0. The second-order valence-corrected chi connectivity index (χ2v) is 7.02. The Bertz CT molecular complexity index is 746. The summed E-state index contributed by atoms with van der Waals surface area (Å²) in [5, 5.41) is 0.638. The second kappa shape index (κ2) is 9.89. The van der Waals surface area contributed by atoms with Gasteiger partial charge in [-0.15, -0.1) is 17.0 Å². The Labute approximate surface area is 170 Å². The molecule has 0 saturated carbocycles. The van der Waals surface area contributed by atoms with Crippen LogP contribution < -0.4 is 4.90 Å². The van der Waals surface area contributed by atoms with Crippen molar-refractivity contribution in [2.45, 2.75) is 26.2 Å². The maximum atomic E-state index is 12.8. The van der Waals surface area contributed by atoms with Crippen molar-refractivity contribution >= 4 is 45.9 Å². The van der Waals surface area contributed by atoms with E-state index in [-0.39, 0.29) is 22.8 Å². The van der Waals surface area contributed by atoms with E-state index in [9.17, 15) is 4.79 Å². The molecule has 0 spiro atoms. The van der Waals surface area contributed by atoms with Gasteiger partial charge in [0.2, 0.25) is 0 Å². The number of aliphatic imine (C=N–C) groups is 1. The SMILES string of the molecule is Br.CC1CCN=C(N(CC(=O)c2ccc(Cl)cc2)c2ccccc2)CC1. The standard InChI is InChI=1S/C21H23ClN2O.BrH/c1-16-7-12-21(23-14-13-16)24(19-5-3-2-4-6-19)15-20(25)17-8-10-18(22)11-9-17;/h2-6,8-11,16H,7,12-15H2,1H3;1H. The number of rotatable bonds is 4. The quantitative estimate of drug-likeness (QED) is 0.566. The molecule has 1 atom stereocenters. The van der Waals surface area contributed by atoms with Gasteiger partial charge in [0.15, 0.2) is 5.78 Å². The predicted octanol–water partition coefficient (Wildman–Crippen LogP) is 5.83. The highest BCUT2D eigenvalue weighted by molar-refractivity contribution is 8.93. The average molecular weight is 436 g/mol. The van der Waals surface area contributed by atoms with Gasteiger partial charge in [-0.1, -0.05) is 36.7 Å². The molecule has 0 saturated heterocycles. The van der Waals surface area contributed by atoms with Crippen molar-refractivity contribution in [3.05, 3.63) is 65.2 Å². The zero-order chi connectivity index (χ0) is 17.6. The zero-order valence-corrected chi connectivity index (χ0v) is 17.4. The molecule has 1 aliphatic heterocycles. The molecule has 138 valence electrons. The topological polar surface area (TPSA) is 32.7 Å². The van der Waals surface area contributed by atoms with E-state index in [1.54, 1.807) is 24.3 Å². The third-order valence-electron chi connectivity index (χ3n) is 4.62. The van der Waals surface area contributed by atoms with Gasteiger partial charge in [0.25, 0.3) is 0 Å². The molecule has 26 heavy (non-hydrogen) atoms. The molecule has 0 N–H and O–H groups in total. The molecule has 0 aliphatic carbocycles. The number of hydrogen-bond acceptors (Lipinski definition) is 3. The predicted molar refractivity (Wildman–Crippen MR) is 115 cm³/mol. The second-order valence-electron chi connectivity index (χ2n) is 6.58. The highest BCUT2D eigenvalue weighted by Crippen LogP contribution is 2.22. The number of carbonyl (C=O) groups excluding carboxylic acids is 1. The average Bonchev–Trinajstić information content (AvgIpc) is 2.85. The van der Waals surface area contributed by atoms with Gasteiger partial charge in [-0.05, 0) is 55.2 Å².